The van der Waals surface area contributed by atoms with Gasteiger partial charge in [0.05, 0.1) is 31.2 Å². The van der Waals surface area contributed by atoms with Crippen LogP contribution in [0.1, 0.15) is 39.4 Å². The fourth-order valence-corrected chi connectivity index (χ4v) is 5.05. The van der Waals surface area contributed by atoms with E-state index in [4.69, 9.17) is 9.15 Å². The van der Waals surface area contributed by atoms with Crippen LogP contribution in [0.25, 0.3) is 0 Å². The van der Waals surface area contributed by atoms with Crippen molar-refractivity contribution in [2.24, 2.45) is 5.41 Å². The molecule has 3 aliphatic rings. The first-order chi connectivity index (χ1) is 17.5. The maximum atomic E-state index is 12.9. The minimum Gasteiger partial charge on any atom is -0.504 e. The van der Waals surface area contributed by atoms with Crippen LogP contribution in [0.5, 0.6) is 11.5 Å². The van der Waals surface area contributed by atoms with Crippen LogP contribution in [0.3, 0.4) is 0 Å². The van der Waals surface area contributed by atoms with Crippen LogP contribution in [0.15, 0.2) is 35.0 Å². The topological polar surface area (TPSA) is 146 Å². The molecule has 0 atom stereocenters. The number of benzene rings is 1. The van der Waals surface area contributed by atoms with Crippen LogP contribution in [0.2, 0.25) is 0 Å². The van der Waals surface area contributed by atoms with E-state index in [9.17, 15) is 14.7 Å². The first kappa shape index (κ1) is 22.3. The number of carbonyl (C=O) groups excluding carboxylic acids is 2. The standard InChI is InChI=1S/C24H25N7O5/c1-35-19-8-14-11-31(22(34)15(14)9-18(19)32)23-29-28-21(36-23)20(33)27-16-10-25-5-2-17(16)30-6-3-24(4-7-30)12-26-13-24/h2,5,8-10,26,32H,3-4,6-7,11-13H2,1H3,(H,27,33). The molecule has 1 spiro atoms. The van der Waals surface area contributed by atoms with Crippen molar-refractivity contribution >= 4 is 29.2 Å². The molecule has 2 fully saturated rings. The average Bonchev–Trinajstić information content (AvgIpc) is 3.48. The van der Waals surface area contributed by atoms with Crippen molar-refractivity contribution in [3.8, 4) is 11.5 Å². The third-order valence-electron chi connectivity index (χ3n) is 7.26. The molecule has 6 rings (SSSR count). The van der Waals surface area contributed by atoms with E-state index in [1.54, 1.807) is 18.5 Å². The molecule has 3 N–H and O–H groups in total. The normalized spacial score (nSPS) is 18.2. The molecule has 3 aliphatic heterocycles. The molecule has 186 valence electrons. The summed E-state index contributed by atoms with van der Waals surface area (Å²) in [6.45, 7) is 4.08. The maximum Gasteiger partial charge on any atom is 0.326 e. The number of rotatable bonds is 5. The predicted molar refractivity (Wildman–Crippen MR) is 128 cm³/mol. The molecule has 0 unspecified atom stereocenters. The molecule has 2 saturated heterocycles. The molecule has 12 nitrogen and oxygen atoms in total. The molecule has 36 heavy (non-hydrogen) atoms. The molecule has 0 saturated carbocycles. The Morgan fingerprint density at radius 3 is 2.78 bits per heavy atom. The van der Waals surface area contributed by atoms with Crippen LogP contribution in [-0.4, -0.2) is 65.4 Å². The van der Waals surface area contributed by atoms with Crippen molar-refractivity contribution in [3.05, 3.63) is 47.6 Å². The van der Waals surface area contributed by atoms with Crippen molar-refractivity contribution in [2.45, 2.75) is 19.4 Å². The number of pyridine rings is 1. The van der Waals surface area contributed by atoms with Gasteiger partial charge in [0.15, 0.2) is 11.5 Å². The van der Waals surface area contributed by atoms with E-state index in [2.05, 4.69) is 30.7 Å². The summed E-state index contributed by atoms with van der Waals surface area (Å²) in [5, 5.41) is 24.0. The summed E-state index contributed by atoms with van der Waals surface area (Å²) in [5.74, 6) is -1.17. The quantitative estimate of drug-likeness (QED) is 0.483. The Morgan fingerprint density at radius 1 is 1.25 bits per heavy atom. The summed E-state index contributed by atoms with van der Waals surface area (Å²) < 4.78 is 10.7. The van der Waals surface area contributed by atoms with Gasteiger partial charge in [-0.25, -0.2) is 0 Å². The number of carbonyl (C=O) groups is 2. The lowest BCUT2D eigenvalue weighted by atomic mass is 9.73. The van der Waals surface area contributed by atoms with E-state index in [-0.39, 0.29) is 29.9 Å². The van der Waals surface area contributed by atoms with Gasteiger partial charge in [-0.2, -0.15) is 0 Å². The number of anilines is 3. The Labute approximate surface area is 206 Å². The lowest BCUT2D eigenvalue weighted by Gasteiger charge is -2.49. The summed E-state index contributed by atoms with van der Waals surface area (Å²) in [4.78, 5) is 33.5. The second-order valence-electron chi connectivity index (χ2n) is 9.40. The van der Waals surface area contributed by atoms with Crippen molar-refractivity contribution in [2.75, 3.05) is 48.4 Å². The highest BCUT2D eigenvalue weighted by molar-refractivity contribution is 6.09. The van der Waals surface area contributed by atoms with Crippen molar-refractivity contribution in [1.82, 2.24) is 20.5 Å². The van der Waals surface area contributed by atoms with E-state index in [1.165, 1.54) is 18.1 Å². The number of nitrogens with zero attached hydrogens (tertiary/aromatic N) is 5. The molecule has 5 heterocycles. The highest BCUT2D eigenvalue weighted by atomic mass is 16.5. The summed E-state index contributed by atoms with van der Waals surface area (Å²) in [6.07, 6.45) is 5.49. The number of amides is 2. The number of ether oxygens (including phenoxy) is 1. The van der Waals surface area contributed by atoms with Gasteiger partial charge >= 0.3 is 17.8 Å². The molecular weight excluding hydrogens is 466 g/mol. The zero-order valence-electron chi connectivity index (χ0n) is 19.7. The highest BCUT2D eigenvalue weighted by Crippen LogP contribution is 2.38. The number of phenolic OH excluding ortho intramolecular Hbond substituents is 1. The minimum atomic E-state index is -0.594. The monoisotopic (exact) mass is 491 g/mol. The van der Waals surface area contributed by atoms with Gasteiger partial charge in [0, 0.05) is 37.9 Å². The third kappa shape index (κ3) is 3.70. The number of fused-ring (bicyclic) bond motifs is 1. The van der Waals surface area contributed by atoms with E-state index in [0.717, 1.165) is 44.7 Å². The second-order valence-corrected chi connectivity index (χ2v) is 9.40. The van der Waals surface area contributed by atoms with Crippen LogP contribution >= 0.6 is 0 Å². The number of hydrogen-bond acceptors (Lipinski definition) is 10. The highest BCUT2D eigenvalue weighted by Gasteiger charge is 2.40. The Bertz CT molecular complexity index is 1340. The number of nitrogens with one attached hydrogen (secondary N) is 2. The third-order valence-corrected chi connectivity index (χ3v) is 7.26. The molecule has 0 aliphatic carbocycles. The van der Waals surface area contributed by atoms with E-state index in [0.29, 0.717) is 22.2 Å². The number of hydrogen-bond donors (Lipinski definition) is 3. The van der Waals surface area contributed by atoms with Gasteiger partial charge in [-0.3, -0.25) is 19.5 Å². The zero-order chi connectivity index (χ0) is 24.9. The number of phenols is 1. The van der Waals surface area contributed by atoms with Gasteiger partial charge in [0.1, 0.15) is 0 Å². The average molecular weight is 492 g/mol. The van der Waals surface area contributed by atoms with Crippen molar-refractivity contribution in [1.29, 1.82) is 0 Å². The number of aromatic hydroxyl groups is 1. The fraction of sp³-hybridized carbons (Fsp3) is 0.375. The van der Waals surface area contributed by atoms with Crippen LogP contribution in [-0.2, 0) is 6.54 Å². The zero-order valence-corrected chi connectivity index (χ0v) is 19.7. The van der Waals surface area contributed by atoms with Crippen molar-refractivity contribution < 1.29 is 23.8 Å². The Hall–Kier alpha value is -4.19. The number of methoxy groups -OCH3 is 1. The molecule has 2 amide bonds. The lowest BCUT2D eigenvalue weighted by molar-refractivity contribution is 0.0971. The molecule has 0 radical (unpaired) electrons. The summed E-state index contributed by atoms with van der Waals surface area (Å²) in [7, 11) is 1.43. The lowest BCUT2D eigenvalue weighted by Crippen LogP contribution is -2.58. The Balaban J connectivity index is 1.17. The Kier molecular flexibility index (Phi) is 5.25. The molecule has 2 aromatic heterocycles. The molecule has 0 bridgehead atoms. The predicted octanol–water partition coefficient (Wildman–Crippen LogP) is 1.78. The van der Waals surface area contributed by atoms with E-state index >= 15 is 0 Å². The first-order valence-corrected chi connectivity index (χ1v) is 11.7. The van der Waals surface area contributed by atoms with E-state index < -0.39 is 11.8 Å². The number of aromatic nitrogens is 3. The Morgan fingerprint density at radius 2 is 2.06 bits per heavy atom. The van der Waals surface area contributed by atoms with Gasteiger partial charge in [0.2, 0.25) is 0 Å². The fourth-order valence-electron chi connectivity index (χ4n) is 5.05. The SMILES string of the molecule is COc1cc2c(cc1O)C(=O)N(c1nnc(C(=O)Nc3cnccc3N3CCC4(CC3)CNC4)o1)C2. The van der Waals surface area contributed by atoms with Crippen LogP contribution in [0.4, 0.5) is 17.4 Å². The molecule has 3 aromatic rings. The summed E-state index contributed by atoms with van der Waals surface area (Å²) in [5.41, 5.74) is 2.79. The molecular formula is C24H25N7O5. The van der Waals surface area contributed by atoms with Gasteiger partial charge in [0.25, 0.3) is 5.91 Å². The van der Waals surface area contributed by atoms with Gasteiger partial charge in [-0.1, -0.05) is 5.10 Å². The molecule has 1 aromatic carbocycles. The number of piperidine rings is 1. The first-order valence-electron chi connectivity index (χ1n) is 11.7. The van der Waals surface area contributed by atoms with Crippen LogP contribution < -0.4 is 25.2 Å². The summed E-state index contributed by atoms with van der Waals surface area (Å²) >= 11 is 0. The minimum absolute atomic E-state index is 0.110. The summed E-state index contributed by atoms with van der Waals surface area (Å²) in [6, 6.07) is 4.70. The van der Waals surface area contributed by atoms with Crippen molar-refractivity contribution in [3.63, 3.8) is 0 Å². The van der Waals surface area contributed by atoms with Crippen LogP contribution in [0, 0.1) is 5.41 Å². The van der Waals surface area contributed by atoms with E-state index in [1.807, 2.05) is 6.07 Å². The molecule has 12 heteroatoms. The maximum absolute atomic E-state index is 12.9. The largest absolute Gasteiger partial charge is 0.504 e. The van der Waals surface area contributed by atoms with Gasteiger partial charge < -0.3 is 29.8 Å². The smallest absolute Gasteiger partial charge is 0.326 e. The second kappa shape index (κ2) is 8.48. The van der Waals surface area contributed by atoms with Gasteiger partial charge in [-0.15, -0.1) is 5.10 Å². The van der Waals surface area contributed by atoms with Gasteiger partial charge in [-0.05, 0) is 42.0 Å².